The first-order chi connectivity index (χ1) is 9.76. The number of carboxylic acid groups (broad SMARTS) is 1. The summed E-state index contributed by atoms with van der Waals surface area (Å²) in [6, 6.07) is 5.06. The number of esters is 1. The van der Waals surface area contributed by atoms with Gasteiger partial charge in [0.2, 0.25) is 0 Å². The van der Waals surface area contributed by atoms with Crippen LogP contribution in [0.2, 0.25) is 0 Å². The monoisotopic (exact) mass is 312 g/mol. The fourth-order valence-corrected chi connectivity index (χ4v) is 2.47. The summed E-state index contributed by atoms with van der Waals surface area (Å²) in [5.41, 5.74) is 2.63. The predicted molar refractivity (Wildman–Crippen MR) is 87.3 cm³/mol. The number of carbonyl (C=O) groups excluding carboxylic acids is 1. The topological polar surface area (TPSA) is 63.6 Å². The molecular weight excluding hydrogens is 291 g/mol. The van der Waals surface area contributed by atoms with Gasteiger partial charge in [-0.3, -0.25) is 0 Å². The predicted octanol–water partition coefficient (Wildman–Crippen LogP) is 2.80. The molecule has 0 saturated heterocycles. The van der Waals surface area contributed by atoms with Gasteiger partial charge in [0.25, 0.3) is 0 Å². The molecule has 0 amide bonds. The fraction of sp³-hybridized carbons (Fsp3) is 0.412. The number of rotatable bonds is 2. The Morgan fingerprint density at radius 2 is 1.91 bits per heavy atom. The zero-order valence-corrected chi connectivity index (χ0v) is 12.6. The summed E-state index contributed by atoms with van der Waals surface area (Å²) in [4.78, 5) is 22.9. The Kier molecular flexibility index (Phi) is 6.41. The molecule has 0 aliphatic heterocycles. The Balaban J connectivity index is 0.00000242. The minimum atomic E-state index is -0.930. The normalized spacial score (nSPS) is 15.7. The fourth-order valence-electron chi connectivity index (χ4n) is 2.47. The number of aromatic carboxylic acids is 1. The van der Waals surface area contributed by atoms with Gasteiger partial charge in [-0.1, -0.05) is 6.07 Å². The SMILES string of the molecule is CC(C)(C)OC(=O)/C=C1\CCCc2cc(C(=O)O)ccc21.[NaH]. The van der Waals surface area contributed by atoms with Crippen molar-refractivity contribution in [1.82, 2.24) is 0 Å². The first-order valence-corrected chi connectivity index (χ1v) is 7.06. The molecule has 0 atom stereocenters. The number of hydrogen-bond donors (Lipinski definition) is 1. The number of aryl methyl sites for hydroxylation is 1. The van der Waals surface area contributed by atoms with Crippen molar-refractivity contribution in [3.63, 3.8) is 0 Å². The standard InChI is InChI=1S/C17H20O4.Na.H/c1-17(2,3)21-15(18)10-12-6-4-5-11-9-13(16(19)20)7-8-14(11)12;;/h7-10H,4-6H2,1-3H3,(H,19,20);;/b12-10+;;. The van der Waals surface area contributed by atoms with E-state index in [0.717, 1.165) is 36.0 Å². The number of allylic oxidation sites excluding steroid dienone is 1. The molecule has 0 aromatic heterocycles. The molecule has 0 unspecified atom stereocenters. The summed E-state index contributed by atoms with van der Waals surface area (Å²) >= 11 is 0. The molecule has 0 fully saturated rings. The molecule has 1 aromatic carbocycles. The molecule has 0 radical (unpaired) electrons. The molecule has 1 N–H and O–H groups in total. The quantitative estimate of drug-likeness (QED) is 0.518. The van der Waals surface area contributed by atoms with E-state index in [1.165, 1.54) is 6.08 Å². The Morgan fingerprint density at radius 3 is 2.50 bits per heavy atom. The van der Waals surface area contributed by atoms with Crippen LogP contribution in [0.4, 0.5) is 0 Å². The maximum atomic E-state index is 11.9. The van der Waals surface area contributed by atoms with Gasteiger partial charge in [0.05, 0.1) is 5.56 Å². The number of hydrogen-bond acceptors (Lipinski definition) is 3. The van der Waals surface area contributed by atoms with Gasteiger partial charge < -0.3 is 9.84 Å². The second-order valence-corrected chi connectivity index (χ2v) is 6.23. The van der Waals surface area contributed by atoms with Crippen molar-refractivity contribution >= 4 is 47.1 Å². The van der Waals surface area contributed by atoms with Crippen LogP contribution in [0.15, 0.2) is 24.3 Å². The molecule has 1 aliphatic rings. The van der Waals surface area contributed by atoms with Gasteiger partial charge in [0.15, 0.2) is 0 Å². The van der Waals surface area contributed by atoms with Crippen molar-refractivity contribution in [2.75, 3.05) is 0 Å². The van der Waals surface area contributed by atoms with E-state index in [9.17, 15) is 9.59 Å². The van der Waals surface area contributed by atoms with Crippen LogP contribution < -0.4 is 0 Å². The Bertz CT molecular complexity index is 612. The van der Waals surface area contributed by atoms with Gasteiger partial charge in [0.1, 0.15) is 5.60 Å². The summed E-state index contributed by atoms with van der Waals surface area (Å²) in [6.07, 6.45) is 4.08. The third-order valence-electron chi connectivity index (χ3n) is 3.29. The number of benzene rings is 1. The minimum absolute atomic E-state index is 0. The molecule has 0 saturated carbocycles. The Labute approximate surface area is 152 Å². The molecule has 4 nitrogen and oxygen atoms in total. The molecule has 22 heavy (non-hydrogen) atoms. The third-order valence-corrected chi connectivity index (χ3v) is 3.29. The number of fused-ring (bicyclic) bond motifs is 1. The van der Waals surface area contributed by atoms with E-state index in [2.05, 4.69) is 0 Å². The van der Waals surface area contributed by atoms with Crippen molar-refractivity contribution in [3.05, 3.63) is 41.0 Å². The van der Waals surface area contributed by atoms with Gasteiger partial charge in [-0.25, -0.2) is 9.59 Å². The molecule has 5 heteroatoms. The van der Waals surface area contributed by atoms with Gasteiger partial charge in [-0.2, -0.15) is 0 Å². The van der Waals surface area contributed by atoms with E-state index in [1.54, 1.807) is 18.2 Å². The van der Waals surface area contributed by atoms with Crippen LogP contribution in [0.1, 0.15) is 55.1 Å². The second kappa shape index (κ2) is 7.44. The van der Waals surface area contributed by atoms with Crippen molar-refractivity contribution in [2.24, 2.45) is 0 Å². The van der Waals surface area contributed by atoms with Crippen LogP contribution in [0.5, 0.6) is 0 Å². The van der Waals surface area contributed by atoms with Crippen LogP contribution in [0, 0.1) is 0 Å². The number of carboxylic acids is 1. The first kappa shape index (κ1) is 18.9. The molecule has 1 aliphatic carbocycles. The van der Waals surface area contributed by atoms with Crippen molar-refractivity contribution in [1.29, 1.82) is 0 Å². The molecule has 114 valence electrons. The first-order valence-electron chi connectivity index (χ1n) is 7.06. The summed E-state index contributed by atoms with van der Waals surface area (Å²) in [5.74, 6) is -1.28. The maximum absolute atomic E-state index is 11.9. The van der Waals surface area contributed by atoms with Crippen molar-refractivity contribution in [2.45, 2.75) is 45.6 Å². The van der Waals surface area contributed by atoms with Gasteiger partial charge in [-0.15, -0.1) is 0 Å². The average Bonchev–Trinajstić information content (AvgIpc) is 2.36. The summed E-state index contributed by atoms with van der Waals surface area (Å²) in [6.45, 7) is 5.49. The van der Waals surface area contributed by atoms with E-state index in [4.69, 9.17) is 9.84 Å². The average molecular weight is 312 g/mol. The van der Waals surface area contributed by atoms with Crippen LogP contribution in [0.3, 0.4) is 0 Å². The van der Waals surface area contributed by atoms with Crippen molar-refractivity contribution in [3.8, 4) is 0 Å². The van der Waals surface area contributed by atoms with E-state index in [-0.39, 0.29) is 41.1 Å². The van der Waals surface area contributed by atoms with Crippen LogP contribution in [-0.2, 0) is 16.0 Å². The third kappa shape index (κ3) is 4.97. The Morgan fingerprint density at radius 1 is 1.23 bits per heavy atom. The molecule has 0 bridgehead atoms. The van der Waals surface area contributed by atoms with Gasteiger partial charge in [0, 0.05) is 6.08 Å². The van der Waals surface area contributed by atoms with Crippen LogP contribution in [-0.4, -0.2) is 52.2 Å². The summed E-state index contributed by atoms with van der Waals surface area (Å²) in [5, 5.41) is 9.04. The van der Waals surface area contributed by atoms with Crippen molar-refractivity contribution < 1.29 is 19.4 Å². The number of carbonyl (C=O) groups is 2. The zero-order valence-electron chi connectivity index (χ0n) is 12.6. The summed E-state index contributed by atoms with van der Waals surface area (Å²) in [7, 11) is 0. The van der Waals surface area contributed by atoms with E-state index >= 15 is 0 Å². The number of ether oxygens (including phenoxy) is 1. The molecular formula is C17H21NaO4. The van der Waals surface area contributed by atoms with E-state index in [0.29, 0.717) is 0 Å². The van der Waals surface area contributed by atoms with Crippen LogP contribution >= 0.6 is 0 Å². The van der Waals surface area contributed by atoms with Crippen LogP contribution in [0.25, 0.3) is 5.57 Å². The van der Waals surface area contributed by atoms with E-state index in [1.807, 2.05) is 20.8 Å². The molecule has 0 heterocycles. The van der Waals surface area contributed by atoms with E-state index < -0.39 is 11.6 Å². The molecule has 0 spiro atoms. The Hall–Kier alpha value is -1.10. The summed E-state index contributed by atoms with van der Waals surface area (Å²) < 4.78 is 5.31. The van der Waals surface area contributed by atoms with Gasteiger partial charge >= 0.3 is 41.5 Å². The second-order valence-electron chi connectivity index (χ2n) is 6.23. The van der Waals surface area contributed by atoms with Gasteiger partial charge in [-0.05, 0) is 68.9 Å². The molecule has 1 aromatic rings. The molecule has 2 rings (SSSR count). The zero-order chi connectivity index (χ0) is 15.6.